The Morgan fingerprint density at radius 1 is 1.21 bits per heavy atom. The number of hydrogen-bond acceptors (Lipinski definition) is 5. The summed E-state index contributed by atoms with van der Waals surface area (Å²) in [6.07, 6.45) is 11.8. The minimum absolute atomic E-state index is 0.0379. The van der Waals surface area contributed by atoms with Gasteiger partial charge in [0.2, 0.25) is 0 Å². The maximum absolute atomic E-state index is 13.5. The summed E-state index contributed by atoms with van der Waals surface area (Å²) in [4.78, 5) is 16.2. The van der Waals surface area contributed by atoms with E-state index in [1.165, 1.54) is 18.5 Å². The Morgan fingerprint density at radius 3 is 2.76 bits per heavy atom. The van der Waals surface area contributed by atoms with Gasteiger partial charge in [-0.15, -0.1) is 0 Å². The Morgan fingerprint density at radius 2 is 2.03 bits per heavy atom. The van der Waals surface area contributed by atoms with Crippen molar-refractivity contribution in [3.8, 4) is 5.75 Å². The van der Waals surface area contributed by atoms with Gasteiger partial charge in [-0.25, -0.2) is 8.42 Å². The lowest BCUT2D eigenvalue weighted by Gasteiger charge is -2.35. The van der Waals surface area contributed by atoms with Crippen LogP contribution in [0.5, 0.6) is 5.75 Å². The first-order valence-electron chi connectivity index (χ1n) is 12.6. The second kappa shape index (κ2) is 8.97. The van der Waals surface area contributed by atoms with Crippen LogP contribution in [-0.2, 0) is 16.3 Å². The minimum atomic E-state index is -3.41. The van der Waals surface area contributed by atoms with Gasteiger partial charge in [-0.2, -0.15) is 0 Å². The van der Waals surface area contributed by atoms with Crippen LogP contribution < -0.4 is 10.1 Å². The first-order chi connectivity index (χ1) is 15.8. The van der Waals surface area contributed by atoms with E-state index in [0.29, 0.717) is 17.7 Å². The molecule has 2 aliphatic heterocycles. The van der Waals surface area contributed by atoms with Gasteiger partial charge in [0.1, 0.15) is 11.9 Å². The van der Waals surface area contributed by atoms with Crippen LogP contribution in [-0.4, -0.2) is 49.7 Å². The molecule has 0 spiro atoms. The fraction of sp³-hybridized carbons (Fsp3) is 0.654. The quantitative estimate of drug-likeness (QED) is 0.643. The minimum Gasteiger partial charge on any atom is -0.489 e. The molecule has 0 bridgehead atoms. The smallest absolute Gasteiger partial charge is 0.255 e. The van der Waals surface area contributed by atoms with Crippen molar-refractivity contribution in [1.29, 1.82) is 0 Å². The van der Waals surface area contributed by atoms with Gasteiger partial charge in [0.05, 0.1) is 16.2 Å². The highest BCUT2D eigenvalue weighted by Crippen LogP contribution is 2.38. The van der Waals surface area contributed by atoms with Crippen LogP contribution in [0.3, 0.4) is 0 Å². The zero-order valence-electron chi connectivity index (χ0n) is 19.8. The zero-order valence-corrected chi connectivity index (χ0v) is 20.6. The van der Waals surface area contributed by atoms with Crippen molar-refractivity contribution < 1.29 is 17.9 Å². The monoisotopic (exact) mass is 472 g/mol. The number of allylic oxidation sites excluding steroid dienone is 2. The summed E-state index contributed by atoms with van der Waals surface area (Å²) in [7, 11) is -3.41. The number of likely N-dealkylation sites (tertiary alicyclic amines) is 1. The van der Waals surface area contributed by atoms with E-state index in [2.05, 4.69) is 23.2 Å². The SMILES string of the molecule is CC1Cc2cc(S(=O)(=O)CC3CC3)cc(C(=O)NC(C)C3CCCN3C3=CCCCC3)c2O1. The molecule has 1 N–H and O–H groups in total. The molecule has 1 amide bonds. The highest BCUT2D eigenvalue weighted by atomic mass is 32.2. The molecule has 33 heavy (non-hydrogen) atoms. The zero-order chi connectivity index (χ0) is 23.2. The van der Waals surface area contributed by atoms with Crippen LogP contribution in [0.4, 0.5) is 0 Å². The molecule has 1 saturated carbocycles. The number of benzene rings is 1. The number of amides is 1. The summed E-state index contributed by atoms with van der Waals surface area (Å²) >= 11 is 0. The third-order valence-electron chi connectivity index (χ3n) is 7.59. The van der Waals surface area contributed by atoms with Crippen LogP contribution in [0.15, 0.2) is 28.8 Å². The number of carbonyl (C=O) groups is 1. The summed E-state index contributed by atoms with van der Waals surface area (Å²) < 4.78 is 32.0. The van der Waals surface area contributed by atoms with Gasteiger partial charge in [-0.1, -0.05) is 6.08 Å². The number of sulfone groups is 1. The molecule has 2 aliphatic carbocycles. The molecule has 3 unspecified atom stereocenters. The van der Waals surface area contributed by atoms with E-state index in [9.17, 15) is 13.2 Å². The van der Waals surface area contributed by atoms with Crippen LogP contribution in [0.2, 0.25) is 0 Å². The molecule has 180 valence electrons. The van der Waals surface area contributed by atoms with Crippen LogP contribution in [0.1, 0.15) is 81.1 Å². The fourth-order valence-electron chi connectivity index (χ4n) is 5.67. The average Bonchev–Trinajstić information content (AvgIpc) is 3.30. The van der Waals surface area contributed by atoms with Crippen molar-refractivity contribution in [1.82, 2.24) is 10.2 Å². The van der Waals surface area contributed by atoms with E-state index in [1.54, 1.807) is 12.1 Å². The van der Waals surface area contributed by atoms with Crippen molar-refractivity contribution in [3.05, 3.63) is 35.0 Å². The Hall–Kier alpha value is -2.02. The Balaban J connectivity index is 1.38. The molecular weight excluding hydrogens is 436 g/mol. The van der Waals surface area contributed by atoms with E-state index in [1.807, 2.05) is 6.92 Å². The fourth-order valence-corrected chi connectivity index (χ4v) is 7.44. The average molecular weight is 473 g/mol. The normalized spacial score (nSPS) is 25.9. The van der Waals surface area contributed by atoms with Gasteiger partial charge >= 0.3 is 0 Å². The first-order valence-corrected chi connectivity index (χ1v) is 14.3. The van der Waals surface area contributed by atoms with Crippen LogP contribution in [0, 0.1) is 5.92 Å². The summed E-state index contributed by atoms with van der Waals surface area (Å²) in [5.41, 5.74) is 2.61. The van der Waals surface area contributed by atoms with Gasteiger partial charge in [-0.3, -0.25) is 4.79 Å². The van der Waals surface area contributed by atoms with Crippen molar-refractivity contribution in [2.45, 2.75) is 94.7 Å². The molecule has 1 aromatic carbocycles. The van der Waals surface area contributed by atoms with Gasteiger partial charge in [0.15, 0.2) is 9.84 Å². The third-order valence-corrected chi connectivity index (χ3v) is 9.46. The Bertz CT molecular complexity index is 1060. The standard InChI is InChI=1S/C26H36N2O4S/c1-17-13-20-14-22(33(30,31)16-19-10-11-19)15-23(25(20)32-17)26(29)27-18(2)24-9-6-12-28(24)21-7-4-3-5-8-21/h7,14-15,17-19,24H,3-6,8-13,16H2,1-2H3,(H,27,29). The predicted molar refractivity (Wildman–Crippen MR) is 128 cm³/mol. The number of hydrogen-bond donors (Lipinski definition) is 1. The maximum Gasteiger partial charge on any atom is 0.255 e. The molecule has 3 atom stereocenters. The Labute approximate surface area is 197 Å². The van der Waals surface area contributed by atoms with Crippen molar-refractivity contribution in [3.63, 3.8) is 0 Å². The topological polar surface area (TPSA) is 75.7 Å². The van der Waals surface area contributed by atoms with Gasteiger partial charge in [-0.05, 0) is 88.8 Å². The van der Waals surface area contributed by atoms with Gasteiger partial charge < -0.3 is 15.0 Å². The van der Waals surface area contributed by atoms with Crippen LogP contribution >= 0.6 is 0 Å². The molecule has 0 aromatic heterocycles. The first kappa shape index (κ1) is 22.8. The third kappa shape index (κ3) is 4.79. The molecule has 6 nitrogen and oxygen atoms in total. The molecule has 5 rings (SSSR count). The molecule has 2 fully saturated rings. The number of carbonyl (C=O) groups excluding carboxylic acids is 1. The van der Waals surface area contributed by atoms with E-state index in [-0.39, 0.29) is 40.7 Å². The molecule has 1 saturated heterocycles. The molecule has 0 radical (unpaired) electrons. The van der Waals surface area contributed by atoms with E-state index in [0.717, 1.165) is 50.6 Å². The van der Waals surface area contributed by atoms with Crippen molar-refractivity contribution >= 4 is 15.7 Å². The molecule has 4 aliphatic rings. The van der Waals surface area contributed by atoms with Gasteiger partial charge in [0, 0.05) is 30.7 Å². The molecular formula is C26H36N2O4S. The molecule has 2 heterocycles. The molecule has 1 aromatic rings. The predicted octanol–water partition coefficient (Wildman–Crippen LogP) is 4.23. The van der Waals surface area contributed by atoms with E-state index < -0.39 is 9.84 Å². The summed E-state index contributed by atoms with van der Waals surface area (Å²) in [6, 6.07) is 3.51. The lowest BCUT2D eigenvalue weighted by Crippen LogP contribution is -2.47. The van der Waals surface area contributed by atoms with Crippen molar-refractivity contribution in [2.24, 2.45) is 5.92 Å². The number of nitrogens with zero attached hydrogens (tertiary/aromatic N) is 1. The van der Waals surface area contributed by atoms with E-state index >= 15 is 0 Å². The van der Waals surface area contributed by atoms with Gasteiger partial charge in [0.25, 0.3) is 5.91 Å². The summed E-state index contributed by atoms with van der Waals surface area (Å²) in [6.45, 7) is 5.07. The lowest BCUT2D eigenvalue weighted by atomic mass is 10.0. The summed E-state index contributed by atoms with van der Waals surface area (Å²) in [5.74, 6) is 0.751. The maximum atomic E-state index is 13.5. The van der Waals surface area contributed by atoms with E-state index in [4.69, 9.17) is 4.74 Å². The lowest BCUT2D eigenvalue weighted by molar-refractivity contribution is 0.0914. The van der Waals surface area contributed by atoms with Crippen molar-refractivity contribution in [2.75, 3.05) is 12.3 Å². The second-order valence-corrected chi connectivity index (χ2v) is 12.5. The number of ether oxygens (including phenoxy) is 1. The Kier molecular flexibility index (Phi) is 6.19. The molecule has 7 heteroatoms. The highest BCUT2D eigenvalue weighted by Gasteiger charge is 2.35. The summed E-state index contributed by atoms with van der Waals surface area (Å²) in [5, 5.41) is 3.20. The number of nitrogens with one attached hydrogen (secondary N) is 1. The van der Waals surface area contributed by atoms with Crippen LogP contribution in [0.25, 0.3) is 0 Å². The number of fused-ring (bicyclic) bond motifs is 1. The number of rotatable bonds is 7. The highest BCUT2D eigenvalue weighted by molar-refractivity contribution is 7.91. The largest absolute Gasteiger partial charge is 0.489 e. The second-order valence-electron chi connectivity index (χ2n) is 10.4.